The van der Waals surface area contributed by atoms with Gasteiger partial charge in [0.15, 0.2) is 0 Å². The standard InChI is InChI=1S/C32H30O7/c1-35-31(33)29-15-13-27(17-25(29)21-37-19-23-9-5-3-6-10-23)39-28-14-16-30(32(34)36-2)26(18-28)22-38-20-24-11-7-4-8-12-24/h3-18H,19-22H2,1-2H3. The van der Waals surface area contributed by atoms with E-state index in [2.05, 4.69) is 0 Å². The molecular weight excluding hydrogens is 496 g/mol. The van der Waals surface area contributed by atoms with Crippen LogP contribution in [-0.4, -0.2) is 26.2 Å². The summed E-state index contributed by atoms with van der Waals surface area (Å²) in [4.78, 5) is 24.7. The predicted molar refractivity (Wildman–Crippen MR) is 146 cm³/mol. The molecule has 7 heteroatoms. The van der Waals surface area contributed by atoms with Crippen molar-refractivity contribution in [1.29, 1.82) is 0 Å². The van der Waals surface area contributed by atoms with Gasteiger partial charge in [-0.25, -0.2) is 9.59 Å². The van der Waals surface area contributed by atoms with E-state index in [9.17, 15) is 9.59 Å². The first-order valence-corrected chi connectivity index (χ1v) is 12.4. The van der Waals surface area contributed by atoms with Crippen molar-refractivity contribution < 1.29 is 33.3 Å². The van der Waals surface area contributed by atoms with Gasteiger partial charge in [-0.2, -0.15) is 0 Å². The Morgan fingerprint density at radius 2 is 0.949 bits per heavy atom. The van der Waals surface area contributed by atoms with Crippen LogP contribution < -0.4 is 4.74 Å². The fourth-order valence-corrected chi connectivity index (χ4v) is 3.97. The number of ether oxygens (including phenoxy) is 5. The smallest absolute Gasteiger partial charge is 0.338 e. The SMILES string of the molecule is COC(=O)c1ccc(Oc2ccc(C(=O)OC)c(COCc3ccccc3)c2)cc1COCc1ccccc1. The van der Waals surface area contributed by atoms with E-state index in [1.54, 1.807) is 36.4 Å². The van der Waals surface area contributed by atoms with Gasteiger partial charge in [0.2, 0.25) is 0 Å². The van der Waals surface area contributed by atoms with Crippen molar-refractivity contribution in [3.63, 3.8) is 0 Å². The Bertz CT molecular complexity index is 1280. The van der Waals surface area contributed by atoms with Crippen molar-refractivity contribution in [2.24, 2.45) is 0 Å². The molecule has 0 radical (unpaired) electrons. The molecule has 4 aromatic rings. The predicted octanol–water partition coefficient (Wildman–Crippen LogP) is 6.49. The number of carbonyl (C=O) groups excluding carboxylic acids is 2. The number of esters is 2. The molecule has 200 valence electrons. The number of hydrogen-bond acceptors (Lipinski definition) is 7. The molecule has 0 aliphatic carbocycles. The fraction of sp³-hybridized carbons (Fsp3) is 0.188. The highest BCUT2D eigenvalue weighted by molar-refractivity contribution is 5.91. The molecule has 0 N–H and O–H groups in total. The zero-order valence-electron chi connectivity index (χ0n) is 21.9. The van der Waals surface area contributed by atoms with Crippen LogP contribution in [0.15, 0.2) is 97.1 Å². The molecule has 0 aliphatic heterocycles. The fourth-order valence-electron chi connectivity index (χ4n) is 3.97. The van der Waals surface area contributed by atoms with Gasteiger partial charge in [-0.3, -0.25) is 0 Å². The second-order valence-electron chi connectivity index (χ2n) is 8.68. The lowest BCUT2D eigenvalue weighted by molar-refractivity contribution is 0.0581. The van der Waals surface area contributed by atoms with Crippen molar-refractivity contribution in [3.8, 4) is 11.5 Å². The Balaban J connectivity index is 1.51. The van der Waals surface area contributed by atoms with Crippen LogP contribution in [0, 0.1) is 0 Å². The zero-order valence-corrected chi connectivity index (χ0v) is 21.9. The largest absolute Gasteiger partial charge is 0.465 e. The second kappa shape index (κ2) is 13.9. The van der Waals surface area contributed by atoms with E-state index in [1.165, 1.54) is 14.2 Å². The minimum atomic E-state index is -0.458. The molecule has 0 saturated heterocycles. The molecule has 4 rings (SSSR count). The van der Waals surface area contributed by atoms with Crippen molar-refractivity contribution in [1.82, 2.24) is 0 Å². The molecule has 0 heterocycles. The molecule has 0 amide bonds. The monoisotopic (exact) mass is 526 g/mol. The molecule has 4 aromatic carbocycles. The van der Waals surface area contributed by atoms with Gasteiger partial charge in [-0.1, -0.05) is 60.7 Å². The number of methoxy groups -OCH3 is 2. The summed E-state index contributed by atoms with van der Waals surface area (Å²) in [6, 6.07) is 29.7. The van der Waals surface area contributed by atoms with Crippen molar-refractivity contribution >= 4 is 11.9 Å². The van der Waals surface area contributed by atoms with Gasteiger partial charge < -0.3 is 23.7 Å². The average molecular weight is 527 g/mol. The molecule has 0 unspecified atom stereocenters. The van der Waals surface area contributed by atoms with Crippen LogP contribution in [0.3, 0.4) is 0 Å². The van der Waals surface area contributed by atoms with Gasteiger partial charge in [-0.15, -0.1) is 0 Å². The minimum absolute atomic E-state index is 0.191. The second-order valence-corrected chi connectivity index (χ2v) is 8.68. The van der Waals surface area contributed by atoms with Crippen LogP contribution in [0.2, 0.25) is 0 Å². The third kappa shape index (κ3) is 7.77. The van der Waals surface area contributed by atoms with Crippen molar-refractivity contribution in [2.75, 3.05) is 14.2 Å². The number of hydrogen-bond donors (Lipinski definition) is 0. The third-order valence-electron chi connectivity index (χ3n) is 5.94. The van der Waals surface area contributed by atoms with Gasteiger partial charge >= 0.3 is 11.9 Å². The normalized spacial score (nSPS) is 10.6. The van der Waals surface area contributed by atoms with E-state index >= 15 is 0 Å². The maximum atomic E-state index is 12.3. The van der Waals surface area contributed by atoms with E-state index in [0.717, 1.165) is 11.1 Å². The number of rotatable bonds is 12. The summed E-state index contributed by atoms with van der Waals surface area (Å²) in [5.74, 6) is 0.0890. The van der Waals surface area contributed by atoms with Gasteiger partial charge in [0.1, 0.15) is 11.5 Å². The van der Waals surface area contributed by atoms with Gasteiger partial charge in [0, 0.05) is 0 Å². The summed E-state index contributed by atoms with van der Waals surface area (Å²) in [5.41, 5.74) is 4.11. The first-order valence-electron chi connectivity index (χ1n) is 12.4. The molecule has 0 fully saturated rings. The maximum Gasteiger partial charge on any atom is 0.338 e. The van der Waals surface area contributed by atoms with Gasteiger partial charge in [0.25, 0.3) is 0 Å². The third-order valence-corrected chi connectivity index (χ3v) is 5.94. The van der Waals surface area contributed by atoms with Crippen LogP contribution in [-0.2, 0) is 45.4 Å². The van der Waals surface area contributed by atoms with Crippen LogP contribution in [0.4, 0.5) is 0 Å². The highest BCUT2D eigenvalue weighted by Gasteiger charge is 2.16. The van der Waals surface area contributed by atoms with Crippen LogP contribution >= 0.6 is 0 Å². The molecule has 0 aromatic heterocycles. The molecule has 0 saturated carbocycles. The first kappa shape index (κ1) is 27.6. The van der Waals surface area contributed by atoms with E-state index in [-0.39, 0.29) is 13.2 Å². The molecule has 0 atom stereocenters. The molecule has 0 bridgehead atoms. The van der Waals surface area contributed by atoms with Gasteiger partial charge in [-0.05, 0) is 58.7 Å². The molecule has 7 nitrogen and oxygen atoms in total. The number of benzene rings is 4. The highest BCUT2D eigenvalue weighted by Crippen LogP contribution is 2.28. The van der Waals surface area contributed by atoms with Crippen LogP contribution in [0.25, 0.3) is 0 Å². The lowest BCUT2D eigenvalue weighted by atomic mass is 10.1. The summed E-state index contributed by atoms with van der Waals surface area (Å²) >= 11 is 0. The van der Waals surface area contributed by atoms with E-state index < -0.39 is 11.9 Å². The van der Waals surface area contributed by atoms with E-state index in [0.29, 0.717) is 47.0 Å². The molecular formula is C32H30O7. The average Bonchev–Trinajstić information content (AvgIpc) is 2.98. The topological polar surface area (TPSA) is 80.3 Å². The summed E-state index contributed by atoms with van der Waals surface area (Å²) in [6.45, 7) is 1.18. The Morgan fingerprint density at radius 3 is 1.33 bits per heavy atom. The Kier molecular flexibility index (Phi) is 9.83. The minimum Gasteiger partial charge on any atom is -0.465 e. The first-order chi connectivity index (χ1) is 19.1. The van der Waals surface area contributed by atoms with Gasteiger partial charge in [0.05, 0.1) is 51.8 Å². The Hall–Kier alpha value is -4.46. The Labute approximate surface area is 227 Å². The summed E-state index contributed by atoms with van der Waals surface area (Å²) in [5, 5.41) is 0. The van der Waals surface area contributed by atoms with Crippen molar-refractivity contribution in [2.45, 2.75) is 26.4 Å². The van der Waals surface area contributed by atoms with Crippen LogP contribution in [0.5, 0.6) is 11.5 Å². The van der Waals surface area contributed by atoms with E-state index in [1.807, 2.05) is 60.7 Å². The molecule has 0 spiro atoms. The maximum absolute atomic E-state index is 12.3. The molecule has 0 aliphatic rings. The lowest BCUT2D eigenvalue weighted by Crippen LogP contribution is -2.08. The Morgan fingerprint density at radius 1 is 0.538 bits per heavy atom. The molecule has 39 heavy (non-hydrogen) atoms. The number of carbonyl (C=O) groups is 2. The lowest BCUT2D eigenvalue weighted by Gasteiger charge is -2.14. The summed E-state index contributed by atoms with van der Waals surface area (Å²) in [7, 11) is 2.68. The van der Waals surface area contributed by atoms with Crippen molar-refractivity contribution in [3.05, 3.63) is 130 Å². The summed E-state index contributed by atoms with van der Waals surface area (Å²) in [6.07, 6.45) is 0. The highest BCUT2D eigenvalue weighted by atomic mass is 16.5. The van der Waals surface area contributed by atoms with Crippen LogP contribution in [0.1, 0.15) is 43.0 Å². The quantitative estimate of drug-likeness (QED) is 0.195. The summed E-state index contributed by atoms with van der Waals surface area (Å²) < 4.78 is 27.7. The van der Waals surface area contributed by atoms with E-state index in [4.69, 9.17) is 23.7 Å². The zero-order chi connectivity index (χ0) is 27.5.